The first kappa shape index (κ1) is 17.8. The second-order valence-electron chi connectivity index (χ2n) is 6.44. The number of carbonyl (C=O) groups excluding carboxylic acids is 2. The lowest BCUT2D eigenvalue weighted by Gasteiger charge is -2.22. The Hall–Kier alpha value is -2.96. The molecule has 26 heavy (non-hydrogen) atoms. The minimum Gasteiger partial charge on any atom is -0.352 e. The molecule has 0 aliphatic heterocycles. The standard InChI is InChI=1S/C19H22N4O3/c24-17(20-14-7-3-1-4-8-14)13-23-18(25)12-11-16(22-23)19(26)21-15-9-5-2-6-10-15/h2,5-6,9-12,14H,1,3-4,7-8,13H2,(H,20,24)(H,21,26). The van der Waals surface area contributed by atoms with E-state index in [4.69, 9.17) is 0 Å². The summed E-state index contributed by atoms with van der Waals surface area (Å²) in [6, 6.07) is 11.7. The first-order valence-electron chi connectivity index (χ1n) is 8.86. The lowest BCUT2D eigenvalue weighted by Crippen LogP contribution is -2.40. The van der Waals surface area contributed by atoms with E-state index in [9.17, 15) is 14.4 Å². The lowest BCUT2D eigenvalue weighted by atomic mass is 9.95. The summed E-state index contributed by atoms with van der Waals surface area (Å²) < 4.78 is 1.03. The Kier molecular flexibility index (Phi) is 5.78. The maximum absolute atomic E-state index is 12.3. The van der Waals surface area contributed by atoms with Gasteiger partial charge in [0.15, 0.2) is 0 Å². The normalized spacial score (nSPS) is 14.6. The van der Waals surface area contributed by atoms with Crippen LogP contribution in [0.5, 0.6) is 0 Å². The zero-order chi connectivity index (χ0) is 18.4. The fourth-order valence-electron chi connectivity index (χ4n) is 3.06. The summed E-state index contributed by atoms with van der Waals surface area (Å²) in [7, 11) is 0. The van der Waals surface area contributed by atoms with E-state index >= 15 is 0 Å². The summed E-state index contributed by atoms with van der Waals surface area (Å²) in [5.41, 5.74) is 0.297. The van der Waals surface area contributed by atoms with Crippen LogP contribution in [-0.2, 0) is 11.3 Å². The molecule has 1 aromatic heterocycles. The summed E-state index contributed by atoms with van der Waals surface area (Å²) in [4.78, 5) is 36.5. The molecule has 0 unspecified atom stereocenters. The smallest absolute Gasteiger partial charge is 0.276 e. The van der Waals surface area contributed by atoms with Crippen molar-refractivity contribution < 1.29 is 9.59 Å². The molecule has 136 valence electrons. The third-order valence-electron chi connectivity index (χ3n) is 4.39. The molecular formula is C19H22N4O3. The fraction of sp³-hybridized carbons (Fsp3) is 0.368. The van der Waals surface area contributed by atoms with Gasteiger partial charge in [-0.15, -0.1) is 0 Å². The highest BCUT2D eigenvalue weighted by Gasteiger charge is 2.17. The van der Waals surface area contributed by atoms with Crippen LogP contribution in [0.25, 0.3) is 0 Å². The van der Waals surface area contributed by atoms with Gasteiger partial charge >= 0.3 is 0 Å². The summed E-state index contributed by atoms with van der Waals surface area (Å²) >= 11 is 0. The third kappa shape index (κ3) is 4.78. The highest BCUT2D eigenvalue weighted by Crippen LogP contribution is 2.17. The van der Waals surface area contributed by atoms with Crippen molar-refractivity contribution in [2.24, 2.45) is 0 Å². The van der Waals surface area contributed by atoms with Crippen molar-refractivity contribution in [3.8, 4) is 0 Å². The number of nitrogens with one attached hydrogen (secondary N) is 2. The topological polar surface area (TPSA) is 93.1 Å². The van der Waals surface area contributed by atoms with Crippen LogP contribution in [-0.4, -0.2) is 27.6 Å². The van der Waals surface area contributed by atoms with E-state index in [1.54, 1.807) is 24.3 Å². The number of benzene rings is 1. The molecule has 1 aliphatic carbocycles. The Morgan fingerprint density at radius 3 is 2.50 bits per heavy atom. The van der Waals surface area contributed by atoms with Crippen molar-refractivity contribution in [3.63, 3.8) is 0 Å². The molecule has 0 atom stereocenters. The van der Waals surface area contributed by atoms with Gasteiger partial charge in [-0.2, -0.15) is 5.10 Å². The van der Waals surface area contributed by atoms with Crippen molar-refractivity contribution in [2.45, 2.75) is 44.7 Å². The monoisotopic (exact) mass is 354 g/mol. The number of hydrogen-bond acceptors (Lipinski definition) is 4. The maximum atomic E-state index is 12.3. The molecule has 1 fully saturated rings. The van der Waals surface area contributed by atoms with Crippen LogP contribution >= 0.6 is 0 Å². The zero-order valence-electron chi connectivity index (χ0n) is 14.5. The molecule has 0 saturated heterocycles. The van der Waals surface area contributed by atoms with E-state index in [0.29, 0.717) is 5.69 Å². The molecule has 0 spiro atoms. The van der Waals surface area contributed by atoms with Gasteiger partial charge in [-0.1, -0.05) is 37.5 Å². The summed E-state index contributed by atoms with van der Waals surface area (Å²) in [5.74, 6) is -0.690. The van der Waals surface area contributed by atoms with Crippen LogP contribution in [0.3, 0.4) is 0 Å². The number of carbonyl (C=O) groups is 2. The van der Waals surface area contributed by atoms with Crippen molar-refractivity contribution in [1.29, 1.82) is 0 Å². The molecule has 1 saturated carbocycles. The molecule has 1 aromatic carbocycles. The number of rotatable bonds is 5. The van der Waals surface area contributed by atoms with Gasteiger partial charge in [0, 0.05) is 17.8 Å². The summed E-state index contributed by atoms with van der Waals surface area (Å²) in [6.07, 6.45) is 5.35. The predicted molar refractivity (Wildman–Crippen MR) is 97.9 cm³/mol. The van der Waals surface area contributed by atoms with E-state index in [2.05, 4.69) is 15.7 Å². The van der Waals surface area contributed by atoms with Crippen LogP contribution in [0.15, 0.2) is 47.3 Å². The second kappa shape index (κ2) is 8.42. The number of para-hydroxylation sites is 1. The SMILES string of the molecule is O=C(Cn1nc(C(=O)Nc2ccccc2)ccc1=O)NC1CCCCC1. The number of nitrogens with zero attached hydrogens (tertiary/aromatic N) is 2. The first-order chi connectivity index (χ1) is 12.6. The highest BCUT2D eigenvalue weighted by molar-refractivity contribution is 6.02. The number of amides is 2. The first-order valence-corrected chi connectivity index (χ1v) is 8.86. The predicted octanol–water partition coefficient (Wildman–Crippen LogP) is 1.94. The molecule has 2 amide bonds. The van der Waals surface area contributed by atoms with E-state index in [-0.39, 0.29) is 24.2 Å². The molecule has 1 aliphatic rings. The number of aromatic nitrogens is 2. The molecule has 7 nitrogen and oxygen atoms in total. The molecule has 0 radical (unpaired) electrons. The van der Waals surface area contributed by atoms with Gasteiger partial charge < -0.3 is 10.6 Å². The van der Waals surface area contributed by atoms with Gasteiger partial charge in [-0.25, -0.2) is 4.68 Å². The van der Waals surface area contributed by atoms with Crippen molar-refractivity contribution in [2.75, 3.05) is 5.32 Å². The Labute approximate surface area is 151 Å². The zero-order valence-corrected chi connectivity index (χ0v) is 14.5. The third-order valence-corrected chi connectivity index (χ3v) is 4.39. The molecule has 2 N–H and O–H groups in total. The largest absolute Gasteiger partial charge is 0.352 e. The van der Waals surface area contributed by atoms with E-state index in [1.165, 1.54) is 18.6 Å². The minimum absolute atomic E-state index is 0.0823. The molecule has 2 aromatic rings. The molecule has 1 heterocycles. The molecule has 0 bridgehead atoms. The van der Waals surface area contributed by atoms with Gasteiger partial charge in [0.2, 0.25) is 5.91 Å². The van der Waals surface area contributed by atoms with Crippen LogP contribution < -0.4 is 16.2 Å². The number of hydrogen-bond donors (Lipinski definition) is 2. The van der Waals surface area contributed by atoms with Crippen molar-refractivity contribution >= 4 is 17.5 Å². The van der Waals surface area contributed by atoms with Crippen LogP contribution in [0.2, 0.25) is 0 Å². The molecule has 7 heteroatoms. The fourth-order valence-corrected chi connectivity index (χ4v) is 3.06. The van der Waals surface area contributed by atoms with Crippen LogP contribution in [0, 0.1) is 0 Å². The second-order valence-corrected chi connectivity index (χ2v) is 6.44. The Morgan fingerprint density at radius 1 is 1.04 bits per heavy atom. The minimum atomic E-state index is -0.433. The van der Waals surface area contributed by atoms with Gasteiger partial charge in [-0.05, 0) is 31.0 Å². The van der Waals surface area contributed by atoms with Crippen LogP contribution in [0.1, 0.15) is 42.6 Å². The van der Waals surface area contributed by atoms with Crippen LogP contribution in [0.4, 0.5) is 5.69 Å². The quantitative estimate of drug-likeness (QED) is 0.858. The lowest BCUT2D eigenvalue weighted by molar-refractivity contribution is -0.122. The van der Waals surface area contributed by atoms with Gasteiger partial charge in [0.1, 0.15) is 12.2 Å². The Morgan fingerprint density at radius 2 is 1.77 bits per heavy atom. The molecule has 3 rings (SSSR count). The Bertz CT molecular complexity index is 826. The van der Waals surface area contributed by atoms with E-state index < -0.39 is 11.5 Å². The van der Waals surface area contributed by atoms with E-state index in [1.807, 2.05) is 6.07 Å². The Balaban J connectivity index is 1.66. The van der Waals surface area contributed by atoms with Crippen molar-refractivity contribution in [1.82, 2.24) is 15.1 Å². The van der Waals surface area contributed by atoms with Gasteiger partial charge in [-0.3, -0.25) is 14.4 Å². The number of anilines is 1. The summed E-state index contributed by atoms with van der Waals surface area (Å²) in [5, 5.41) is 9.68. The average Bonchev–Trinajstić information content (AvgIpc) is 2.65. The molecular weight excluding hydrogens is 332 g/mol. The van der Waals surface area contributed by atoms with Gasteiger partial charge in [0.05, 0.1) is 0 Å². The van der Waals surface area contributed by atoms with Crippen molar-refractivity contribution in [3.05, 3.63) is 58.5 Å². The van der Waals surface area contributed by atoms with Gasteiger partial charge in [0.25, 0.3) is 11.5 Å². The average molecular weight is 354 g/mol. The summed E-state index contributed by atoms with van der Waals surface area (Å²) in [6.45, 7) is -0.193. The van der Waals surface area contributed by atoms with E-state index in [0.717, 1.165) is 30.4 Å². The highest BCUT2D eigenvalue weighted by atomic mass is 16.2. The maximum Gasteiger partial charge on any atom is 0.276 e.